The maximum Gasteiger partial charge on any atom is 0.453 e. The normalized spacial score (nSPS) is 19.6. The summed E-state index contributed by atoms with van der Waals surface area (Å²) < 4.78 is 26.7. The summed E-state index contributed by atoms with van der Waals surface area (Å²) in [5.74, 6) is -0.832. The molecule has 2 aromatic carbocycles. The molecule has 2 atom stereocenters. The molecular weight excluding hydrogens is 483 g/mol. The van der Waals surface area contributed by atoms with Crippen LogP contribution >= 0.6 is 7.60 Å². The summed E-state index contributed by atoms with van der Waals surface area (Å²) in [6.45, 7) is 4.16. The highest BCUT2D eigenvalue weighted by molar-refractivity contribution is 7.55. The zero-order chi connectivity index (χ0) is 25.7. The van der Waals surface area contributed by atoms with Crippen molar-refractivity contribution in [1.82, 2.24) is 4.90 Å². The number of carbonyl (C=O) groups is 3. The molecule has 2 aliphatic rings. The Labute approximate surface area is 210 Å². The fourth-order valence-corrected chi connectivity index (χ4v) is 6.81. The summed E-state index contributed by atoms with van der Waals surface area (Å²) in [5, 5.41) is 7.39. The van der Waals surface area contributed by atoms with Gasteiger partial charge in [-0.1, -0.05) is 12.1 Å². The summed E-state index contributed by atoms with van der Waals surface area (Å²) in [5.41, 5.74) is 0.971. The number of amides is 3. The van der Waals surface area contributed by atoms with Gasteiger partial charge in [-0.05, 0) is 37.1 Å². The van der Waals surface area contributed by atoms with E-state index in [4.69, 9.17) is 9.05 Å². The van der Waals surface area contributed by atoms with E-state index in [1.165, 1.54) is 13.8 Å². The third-order valence-corrected chi connectivity index (χ3v) is 8.33. The molecule has 192 valence electrons. The van der Waals surface area contributed by atoms with Gasteiger partial charge in [-0.2, -0.15) is 0 Å². The highest BCUT2D eigenvalue weighted by atomic mass is 31.2. The van der Waals surface area contributed by atoms with Crippen LogP contribution in [0.1, 0.15) is 39.5 Å². The summed E-state index contributed by atoms with van der Waals surface area (Å²) in [6, 6.07) is 12.9. The van der Waals surface area contributed by atoms with Crippen molar-refractivity contribution >= 4 is 36.7 Å². The zero-order valence-corrected chi connectivity index (χ0v) is 21.3. The molecule has 2 aromatic rings. The number of anilines is 2. The van der Waals surface area contributed by atoms with Gasteiger partial charge >= 0.3 is 7.60 Å². The van der Waals surface area contributed by atoms with Crippen LogP contribution in [0.4, 0.5) is 11.4 Å². The van der Waals surface area contributed by atoms with E-state index in [2.05, 4.69) is 10.6 Å². The molecule has 0 saturated carbocycles. The van der Waals surface area contributed by atoms with Gasteiger partial charge in [0.2, 0.25) is 11.8 Å². The Balaban J connectivity index is 1.66. The van der Waals surface area contributed by atoms with Crippen LogP contribution in [0.2, 0.25) is 0 Å². The van der Waals surface area contributed by atoms with Crippen molar-refractivity contribution in [1.29, 1.82) is 0 Å². The van der Waals surface area contributed by atoms with Crippen molar-refractivity contribution in [2.45, 2.75) is 51.4 Å². The van der Waals surface area contributed by atoms with Crippen molar-refractivity contribution in [2.75, 3.05) is 23.7 Å². The van der Waals surface area contributed by atoms with Crippen molar-refractivity contribution in [3.8, 4) is 11.5 Å². The Kier molecular flexibility index (Phi) is 7.96. The van der Waals surface area contributed by atoms with Gasteiger partial charge in [-0.3, -0.25) is 14.4 Å². The Bertz CT molecular complexity index is 1120. The molecule has 0 bridgehead atoms. The minimum atomic E-state index is -4.00. The van der Waals surface area contributed by atoms with Crippen LogP contribution in [0.3, 0.4) is 0 Å². The van der Waals surface area contributed by atoms with Gasteiger partial charge < -0.3 is 29.9 Å². The minimum absolute atomic E-state index is 0.0542. The monoisotopic (exact) mass is 515 g/mol. The second-order valence-electron chi connectivity index (χ2n) is 9.07. The number of hydrogen-bond acceptors (Lipinski definition) is 6. The number of hydrogen-bond donors (Lipinski definition) is 3. The second kappa shape index (κ2) is 11.1. The largest absolute Gasteiger partial charge is 0.453 e. The Morgan fingerprint density at radius 2 is 1.50 bits per heavy atom. The first kappa shape index (κ1) is 25.7. The first-order chi connectivity index (χ1) is 17.2. The topological polar surface area (TPSA) is 131 Å². The summed E-state index contributed by atoms with van der Waals surface area (Å²) in [7, 11) is -4.00. The van der Waals surface area contributed by atoms with E-state index >= 15 is 0 Å². The summed E-state index contributed by atoms with van der Waals surface area (Å²) in [6.07, 6.45) is 2.89. The molecule has 2 unspecified atom stereocenters. The molecule has 2 aliphatic heterocycles. The van der Waals surface area contributed by atoms with Gasteiger partial charge in [0.15, 0.2) is 11.8 Å². The number of nitrogens with one attached hydrogen (secondary N) is 2. The van der Waals surface area contributed by atoms with E-state index in [0.29, 0.717) is 30.8 Å². The molecule has 0 aromatic heterocycles. The van der Waals surface area contributed by atoms with E-state index < -0.39 is 13.4 Å². The number of likely N-dealkylation sites (tertiary alicyclic amines) is 1. The lowest BCUT2D eigenvalue weighted by Gasteiger charge is -2.31. The van der Waals surface area contributed by atoms with Crippen LogP contribution in [-0.2, 0) is 18.9 Å². The molecular formula is C25H32N4O6P+. The van der Waals surface area contributed by atoms with Crippen LogP contribution < -0.4 is 25.0 Å². The smallest absolute Gasteiger partial charge is 0.415 e. The molecule has 4 rings (SSSR count). The van der Waals surface area contributed by atoms with E-state index in [1.54, 1.807) is 53.4 Å². The van der Waals surface area contributed by atoms with E-state index in [1.807, 2.05) is 5.32 Å². The van der Waals surface area contributed by atoms with Gasteiger partial charge in [0.25, 0.3) is 5.91 Å². The highest BCUT2D eigenvalue weighted by Gasteiger charge is 2.49. The molecule has 11 heteroatoms. The molecule has 10 nitrogen and oxygen atoms in total. The Morgan fingerprint density at radius 3 is 2.00 bits per heavy atom. The fraction of sp³-hybridized carbons (Fsp3) is 0.400. The average molecular weight is 516 g/mol. The third-order valence-electron chi connectivity index (χ3n) is 6.13. The van der Waals surface area contributed by atoms with Gasteiger partial charge in [-0.25, -0.2) is 4.57 Å². The highest BCUT2D eigenvalue weighted by Crippen LogP contribution is 2.57. The van der Waals surface area contributed by atoms with Crippen LogP contribution in [-0.4, -0.2) is 47.5 Å². The number of benzene rings is 2. The standard InChI is InChI=1S/C25H31N4O6P/c1-17(30)27-19-7-3-9-21(15-19)34-36(33,35-22-10-4-8-20(16-22)28-18(2)31)24-12-6-14-29(24)25(32)23-11-5-13-26-23/h3-4,7-10,15-16,23-24,26H,5-6,11-14H2,1-2H3,(H,27,30)(H,28,31)/p+1. The predicted octanol–water partition coefficient (Wildman–Crippen LogP) is 2.93. The molecule has 0 aliphatic carbocycles. The molecule has 2 heterocycles. The second-order valence-corrected chi connectivity index (χ2v) is 11.1. The van der Waals surface area contributed by atoms with Crippen molar-refractivity contribution in [2.24, 2.45) is 0 Å². The van der Waals surface area contributed by atoms with E-state index in [0.717, 1.165) is 19.4 Å². The molecule has 36 heavy (non-hydrogen) atoms. The zero-order valence-electron chi connectivity index (χ0n) is 20.4. The average Bonchev–Trinajstić information content (AvgIpc) is 3.51. The number of rotatable bonds is 8. The van der Waals surface area contributed by atoms with Crippen molar-refractivity contribution in [3.63, 3.8) is 0 Å². The van der Waals surface area contributed by atoms with Gasteiger partial charge in [0.1, 0.15) is 11.5 Å². The predicted molar refractivity (Wildman–Crippen MR) is 135 cm³/mol. The lowest BCUT2D eigenvalue weighted by atomic mass is 10.2. The Morgan fingerprint density at radius 1 is 0.917 bits per heavy atom. The summed E-state index contributed by atoms with van der Waals surface area (Å²) in [4.78, 5) is 38.0. The quantitative estimate of drug-likeness (QED) is 0.464. The first-order valence-corrected chi connectivity index (χ1v) is 13.7. The maximum absolute atomic E-state index is 14.5. The molecule has 2 saturated heterocycles. The van der Waals surface area contributed by atoms with Gasteiger partial charge in [-0.15, -0.1) is 0 Å². The van der Waals surface area contributed by atoms with E-state index in [-0.39, 0.29) is 35.3 Å². The maximum atomic E-state index is 14.5. The van der Waals surface area contributed by atoms with Gasteiger partial charge in [0, 0.05) is 56.7 Å². The molecule has 3 amide bonds. The minimum Gasteiger partial charge on any atom is -0.415 e. The van der Waals surface area contributed by atoms with Crippen molar-refractivity contribution in [3.05, 3.63) is 48.5 Å². The number of nitrogens with two attached hydrogens (primary N) is 1. The fourth-order valence-electron chi connectivity index (χ4n) is 4.65. The SMILES string of the molecule is CC(=O)Nc1cccc(OP(=O)(Oc2cccc(NC(C)=O)c2)C2CCCN2C(=O)C2CCC[NH2+]2)c1. The van der Waals surface area contributed by atoms with Gasteiger partial charge in [0.05, 0.1) is 6.54 Å². The molecule has 4 N–H and O–H groups in total. The van der Waals surface area contributed by atoms with Crippen LogP contribution in [0, 0.1) is 0 Å². The molecule has 0 radical (unpaired) electrons. The first-order valence-electron chi connectivity index (χ1n) is 12.1. The van der Waals surface area contributed by atoms with E-state index in [9.17, 15) is 18.9 Å². The lowest BCUT2D eigenvalue weighted by molar-refractivity contribution is -0.658. The lowest BCUT2D eigenvalue weighted by Crippen LogP contribution is -2.89. The number of quaternary nitrogens is 1. The number of nitrogens with zero attached hydrogens (tertiary/aromatic N) is 1. The molecule has 2 fully saturated rings. The molecule has 0 spiro atoms. The van der Waals surface area contributed by atoms with Crippen LogP contribution in [0.15, 0.2) is 48.5 Å². The number of carbonyl (C=O) groups excluding carboxylic acids is 3. The van der Waals surface area contributed by atoms with Crippen molar-refractivity contribution < 1.29 is 33.3 Å². The Hall–Kier alpha value is -3.36. The third kappa shape index (κ3) is 6.25. The van der Waals surface area contributed by atoms with Crippen LogP contribution in [0.25, 0.3) is 0 Å². The van der Waals surface area contributed by atoms with Crippen LogP contribution in [0.5, 0.6) is 11.5 Å². The summed E-state index contributed by atoms with van der Waals surface area (Å²) >= 11 is 0.